The monoisotopic (exact) mass is 441 g/mol. The van der Waals surface area contributed by atoms with Crippen molar-refractivity contribution >= 4 is 9.84 Å². The summed E-state index contributed by atoms with van der Waals surface area (Å²) < 4.78 is 92.3. The van der Waals surface area contributed by atoms with Gasteiger partial charge in [0.15, 0.2) is 15.5 Å². The second kappa shape index (κ2) is 7.21. The zero-order valence-electron chi connectivity index (χ0n) is 15.4. The molecule has 0 amide bonds. The summed E-state index contributed by atoms with van der Waals surface area (Å²) in [4.78, 5) is -0.935. The first-order chi connectivity index (χ1) is 13.8. The number of aromatic nitrogens is 2. The van der Waals surface area contributed by atoms with E-state index in [1.54, 1.807) is 6.92 Å². The van der Waals surface area contributed by atoms with E-state index >= 15 is 0 Å². The molecule has 0 fully saturated rings. The summed E-state index contributed by atoms with van der Waals surface area (Å²) >= 11 is 0. The molecule has 0 atom stereocenters. The van der Waals surface area contributed by atoms with Crippen molar-refractivity contribution in [2.24, 2.45) is 0 Å². The van der Waals surface area contributed by atoms with Gasteiger partial charge in [-0.25, -0.2) is 21.9 Å². The number of benzene rings is 2. The number of alkyl halides is 3. The van der Waals surface area contributed by atoms with Gasteiger partial charge in [-0.3, -0.25) is 0 Å². The maximum Gasteiger partial charge on any atom is 0.435 e. The Hall–Kier alpha value is -3.26. The van der Waals surface area contributed by atoms with Crippen molar-refractivity contribution in [3.8, 4) is 23.0 Å². The van der Waals surface area contributed by atoms with Gasteiger partial charge in [0.25, 0.3) is 0 Å². The SMILES string of the molecule is Cc1ccc(-c2cc(C(F)(F)F)nn2-c2cc(F)c(S(C)(=O)=O)cc2F)cc1C#N. The van der Waals surface area contributed by atoms with Crippen LogP contribution in [0.2, 0.25) is 0 Å². The fraction of sp³-hybridized carbons (Fsp3) is 0.158. The fourth-order valence-electron chi connectivity index (χ4n) is 2.78. The molecule has 5 nitrogen and oxygen atoms in total. The molecule has 0 saturated heterocycles. The summed E-state index contributed by atoms with van der Waals surface area (Å²) in [6.07, 6.45) is -4.22. The molecule has 30 heavy (non-hydrogen) atoms. The van der Waals surface area contributed by atoms with Crippen molar-refractivity contribution in [3.63, 3.8) is 0 Å². The Kier molecular flexibility index (Phi) is 5.16. The number of sulfone groups is 1. The molecule has 1 heterocycles. The molecule has 0 aliphatic heterocycles. The van der Waals surface area contributed by atoms with Gasteiger partial charge in [-0.15, -0.1) is 0 Å². The van der Waals surface area contributed by atoms with E-state index in [9.17, 15) is 35.6 Å². The molecular weight excluding hydrogens is 429 g/mol. The molecule has 3 rings (SSSR count). The highest BCUT2D eigenvalue weighted by Crippen LogP contribution is 2.35. The van der Waals surface area contributed by atoms with Gasteiger partial charge in [0.2, 0.25) is 0 Å². The number of nitrogens with zero attached hydrogens (tertiary/aromatic N) is 3. The van der Waals surface area contributed by atoms with Crippen LogP contribution < -0.4 is 0 Å². The summed E-state index contributed by atoms with van der Waals surface area (Å²) in [6.45, 7) is 1.62. The predicted octanol–water partition coefficient (Wildman–Crippen LogP) is 4.42. The highest BCUT2D eigenvalue weighted by Gasteiger charge is 2.36. The molecule has 0 unspecified atom stereocenters. The largest absolute Gasteiger partial charge is 0.435 e. The van der Waals surface area contributed by atoms with Crippen LogP contribution in [0.3, 0.4) is 0 Å². The first-order valence-electron chi connectivity index (χ1n) is 8.21. The van der Waals surface area contributed by atoms with E-state index in [0.29, 0.717) is 34.7 Å². The number of nitriles is 1. The predicted molar refractivity (Wildman–Crippen MR) is 96.5 cm³/mol. The highest BCUT2D eigenvalue weighted by atomic mass is 32.2. The second-order valence-electron chi connectivity index (χ2n) is 6.47. The van der Waals surface area contributed by atoms with E-state index < -0.39 is 43.9 Å². The van der Waals surface area contributed by atoms with Crippen molar-refractivity contribution < 1.29 is 30.4 Å². The zero-order valence-corrected chi connectivity index (χ0v) is 16.2. The van der Waals surface area contributed by atoms with Gasteiger partial charge in [0.05, 0.1) is 17.3 Å². The fourth-order valence-corrected chi connectivity index (χ4v) is 3.51. The van der Waals surface area contributed by atoms with Crippen molar-refractivity contribution in [1.29, 1.82) is 5.26 Å². The molecule has 0 saturated carbocycles. The van der Waals surface area contributed by atoms with Gasteiger partial charge < -0.3 is 0 Å². The Labute approximate surface area is 167 Å². The van der Waals surface area contributed by atoms with Gasteiger partial charge >= 0.3 is 6.18 Å². The lowest BCUT2D eigenvalue weighted by Crippen LogP contribution is -2.10. The summed E-state index contributed by atoms with van der Waals surface area (Å²) in [5, 5.41) is 12.5. The number of hydrogen-bond acceptors (Lipinski definition) is 4. The zero-order chi connectivity index (χ0) is 22.4. The standard InChI is InChI=1S/C19H12F5N3O2S/c1-10-3-4-11(5-12(10)9-25)15-8-18(19(22,23)24)26-27(15)16-6-14(21)17(7-13(16)20)30(2,28)29/h3-8H,1-2H3. The van der Waals surface area contributed by atoms with Crippen molar-refractivity contribution in [2.45, 2.75) is 18.0 Å². The lowest BCUT2D eigenvalue weighted by molar-refractivity contribution is -0.141. The van der Waals surface area contributed by atoms with Crippen LogP contribution in [0.4, 0.5) is 22.0 Å². The Bertz CT molecular complexity index is 1300. The molecule has 1 aromatic heterocycles. The van der Waals surface area contributed by atoms with Gasteiger partial charge in [0.1, 0.15) is 22.2 Å². The highest BCUT2D eigenvalue weighted by molar-refractivity contribution is 7.90. The molecule has 0 aliphatic rings. The quantitative estimate of drug-likeness (QED) is 0.564. The van der Waals surface area contributed by atoms with E-state index in [4.69, 9.17) is 0 Å². The van der Waals surface area contributed by atoms with E-state index in [1.807, 2.05) is 6.07 Å². The van der Waals surface area contributed by atoms with E-state index in [1.165, 1.54) is 18.2 Å². The Morgan fingerprint density at radius 1 is 1.07 bits per heavy atom. The first-order valence-corrected chi connectivity index (χ1v) is 10.1. The van der Waals surface area contributed by atoms with Crippen molar-refractivity contribution in [3.05, 3.63) is 64.9 Å². The van der Waals surface area contributed by atoms with Crippen molar-refractivity contribution in [2.75, 3.05) is 6.26 Å². The third-order valence-electron chi connectivity index (χ3n) is 4.28. The van der Waals surface area contributed by atoms with Crippen LogP contribution in [-0.2, 0) is 16.0 Å². The molecule has 0 N–H and O–H groups in total. The molecule has 3 aromatic rings. The number of rotatable bonds is 3. The maximum atomic E-state index is 14.6. The molecule has 0 spiro atoms. The van der Waals surface area contributed by atoms with Gasteiger partial charge in [0, 0.05) is 17.9 Å². The lowest BCUT2D eigenvalue weighted by atomic mass is 10.0. The average Bonchev–Trinajstić information content (AvgIpc) is 3.08. The normalized spacial score (nSPS) is 12.1. The number of hydrogen-bond donors (Lipinski definition) is 0. The molecular formula is C19H12F5N3O2S. The van der Waals surface area contributed by atoms with Crippen LogP contribution >= 0.6 is 0 Å². The topological polar surface area (TPSA) is 75.8 Å². The minimum absolute atomic E-state index is 0.104. The first kappa shape index (κ1) is 21.4. The molecule has 11 heteroatoms. The minimum Gasteiger partial charge on any atom is -0.229 e. The molecule has 0 aliphatic carbocycles. The van der Waals surface area contributed by atoms with Crippen LogP contribution in [0.1, 0.15) is 16.8 Å². The summed E-state index contributed by atoms with van der Waals surface area (Å²) in [7, 11) is -4.11. The van der Waals surface area contributed by atoms with Crippen LogP contribution in [-0.4, -0.2) is 24.5 Å². The second-order valence-corrected chi connectivity index (χ2v) is 8.46. The minimum atomic E-state index is -4.88. The smallest absolute Gasteiger partial charge is 0.229 e. The van der Waals surface area contributed by atoms with Crippen LogP contribution in [0, 0.1) is 29.9 Å². The van der Waals surface area contributed by atoms with Crippen molar-refractivity contribution in [1.82, 2.24) is 9.78 Å². The average molecular weight is 441 g/mol. The summed E-state index contributed by atoms with van der Waals surface area (Å²) in [6, 6.07) is 7.56. The third kappa shape index (κ3) is 3.91. The maximum absolute atomic E-state index is 14.6. The van der Waals surface area contributed by atoms with E-state index in [-0.39, 0.29) is 16.8 Å². The Morgan fingerprint density at radius 2 is 1.73 bits per heavy atom. The van der Waals surface area contributed by atoms with E-state index in [2.05, 4.69) is 5.10 Å². The van der Waals surface area contributed by atoms with Crippen LogP contribution in [0.25, 0.3) is 16.9 Å². The molecule has 156 valence electrons. The van der Waals surface area contributed by atoms with Crippen LogP contribution in [0.15, 0.2) is 41.3 Å². The van der Waals surface area contributed by atoms with Gasteiger partial charge in [-0.1, -0.05) is 12.1 Å². The molecule has 0 radical (unpaired) electrons. The summed E-state index contributed by atoms with van der Waals surface area (Å²) in [5.41, 5.74) is -1.50. The third-order valence-corrected chi connectivity index (χ3v) is 5.39. The number of aryl methyl sites for hydroxylation is 1. The molecule has 0 bridgehead atoms. The lowest BCUT2D eigenvalue weighted by Gasteiger charge is -2.11. The molecule has 2 aromatic carbocycles. The van der Waals surface area contributed by atoms with Gasteiger partial charge in [-0.2, -0.15) is 23.5 Å². The summed E-state index contributed by atoms with van der Waals surface area (Å²) in [5.74, 6) is -2.63. The van der Waals surface area contributed by atoms with Crippen LogP contribution in [0.5, 0.6) is 0 Å². The Balaban J connectivity index is 2.32. The Morgan fingerprint density at radius 3 is 2.30 bits per heavy atom. The van der Waals surface area contributed by atoms with E-state index in [0.717, 1.165) is 0 Å². The number of halogens is 5. The van der Waals surface area contributed by atoms with Gasteiger partial charge in [-0.05, 0) is 30.7 Å².